The lowest BCUT2D eigenvalue weighted by Gasteiger charge is -2.27. The van der Waals surface area contributed by atoms with Crippen molar-refractivity contribution in [2.75, 3.05) is 34.8 Å². The number of aromatic nitrogens is 2. The van der Waals surface area contributed by atoms with E-state index in [-0.39, 0.29) is 41.4 Å². The van der Waals surface area contributed by atoms with E-state index in [0.29, 0.717) is 11.3 Å². The average molecular weight is 543 g/mol. The summed E-state index contributed by atoms with van der Waals surface area (Å²) in [6, 6.07) is 9.62. The molecule has 2 aliphatic heterocycles. The number of halogens is 5. The Bertz CT molecular complexity index is 1470. The Balaban J connectivity index is 1.36. The molecule has 7 nitrogen and oxygen atoms in total. The second-order valence-corrected chi connectivity index (χ2v) is 10.0. The van der Waals surface area contributed by atoms with E-state index in [1.54, 1.807) is 24.0 Å². The van der Waals surface area contributed by atoms with Gasteiger partial charge in [-0.05, 0) is 25.1 Å². The van der Waals surface area contributed by atoms with Crippen molar-refractivity contribution in [3.8, 4) is 11.1 Å². The first kappa shape index (κ1) is 25.2. The van der Waals surface area contributed by atoms with Crippen LogP contribution in [-0.2, 0) is 9.59 Å². The maximum atomic E-state index is 15.7. The topological polar surface area (TPSA) is 78.4 Å². The molecule has 1 aliphatic carbocycles. The number of benzene rings is 1. The summed E-state index contributed by atoms with van der Waals surface area (Å²) in [7, 11) is 0. The van der Waals surface area contributed by atoms with Crippen LogP contribution in [-0.4, -0.2) is 47.3 Å². The molecule has 12 heteroatoms. The Morgan fingerprint density at radius 3 is 2.51 bits per heavy atom. The SMILES string of the molecule is C[C@H]1C(=O)N(CC(=O)Nc2ccc(C(F)F)cc2)c2cc(N3CC4C(C3)C4(F)F)nc(F)c2-c2cccnc21. The van der Waals surface area contributed by atoms with Crippen molar-refractivity contribution in [3.05, 3.63) is 65.9 Å². The smallest absolute Gasteiger partial charge is 0.263 e. The number of piperidine rings is 1. The normalized spacial score (nSPS) is 22.7. The number of anilines is 3. The van der Waals surface area contributed by atoms with Gasteiger partial charge in [0.05, 0.1) is 34.7 Å². The van der Waals surface area contributed by atoms with E-state index in [4.69, 9.17) is 0 Å². The van der Waals surface area contributed by atoms with Crippen molar-refractivity contribution < 1.29 is 31.5 Å². The van der Waals surface area contributed by atoms with Crippen molar-refractivity contribution in [2.24, 2.45) is 11.8 Å². The van der Waals surface area contributed by atoms with Gasteiger partial charge in [0.25, 0.3) is 12.3 Å². The number of rotatable bonds is 5. The highest BCUT2D eigenvalue weighted by Gasteiger charge is 2.71. The third kappa shape index (κ3) is 4.18. The quantitative estimate of drug-likeness (QED) is 0.362. The fraction of sp³-hybridized carbons (Fsp3) is 0.333. The van der Waals surface area contributed by atoms with Crippen molar-refractivity contribution in [1.82, 2.24) is 9.97 Å². The Morgan fingerprint density at radius 1 is 1.15 bits per heavy atom. The van der Waals surface area contributed by atoms with Gasteiger partial charge in [-0.25, -0.2) is 22.5 Å². The van der Waals surface area contributed by atoms with Gasteiger partial charge < -0.3 is 15.1 Å². The molecule has 3 aliphatic rings. The molecular weight excluding hydrogens is 521 g/mol. The molecule has 1 saturated carbocycles. The maximum Gasteiger partial charge on any atom is 0.263 e. The Kier molecular flexibility index (Phi) is 5.81. The predicted octanol–water partition coefficient (Wildman–Crippen LogP) is 5.01. The molecule has 1 saturated heterocycles. The summed E-state index contributed by atoms with van der Waals surface area (Å²) < 4.78 is 69.0. The Labute approximate surface area is 219 Å². The summed E-state index contributed by atoms with van der Waals surface area (Å²) in [5, 5.41) is 2.57. The van der Waals surface area contributed by atoms with Crippen LogP contribution in [0.2, 0.25) is 0 Å². The number of pyridine rings is 2. The minimum atomic E-state index is -2.74. The van der Waals surface area contributed by atoms with E-state index in [0.717, 1.165) is 4.90 Å². The molecule has 4 heterocycles. The first-order valence-corrected chi connectivity index (χ1v) is 12.3. The lowest BCUT2D eigenvalue weighted by Crippen LogP contribution is -2.40. The average Bonchev–Trinajstić information content (AvgIpc) is 3.23. The minimum absolute atomic E-state index is 0.000480. The van der Waals surface area contributed by atoms with Crippen LogP contribution in [0.1, 0.15) is 30.5 Å². The van der Waals surface area contributed by atoms with Gasteiger partial charge in [-0.3, -0.25) is 14.6 Å². The molecule has 39 heavy (non-hydrogen) atoms. The largest absolute Gasteiger partial charge is 0.355 e. The van der Waals surface area contributed by atoms with Crippen LogP contribution >= 0.6 is 0 Å². The summed E-state index contributed by atoms with van der Waals surface area (Å²) in [4.78, 5) is 37.7. The molecule has 6 rings (SSSR count). The summed E-state index contributed by atoms with van der Waals surface area (Å²) in [5.41, 5.74) is 0.719. The van der Waals surface area contributed by atoms with E-state index in [9.17, 15) is 27.2 Å². The summed E-state index contributed by atoms with van der Waals surface area (Å²) in [5.74, 6) is -7.23. The van der Waals surface area contributed by atoms with Gasteiger partial charge in [-0.15, -0.1) is 0 Å². The second-order valence-electron chi connectivity index (χ2n) is 10.0. The third-order valence-electron chi connectivity index (χ3n) is 7.66. The fourth-order valence-electron chi connectivity index (χ4n) is 5.47. The van der Waals surface area contributed by atoms with Crippen molar-refractivity contribution in [3.63, 3.8) is 0 Å². The Morgan fingerprint density at radius 2 is 1.85 bits per heavy atom. The Hall–Kier alpha value is -4.09. The molecule has 0 radical (unpaired) electrons. The lowest BCUT2D eigenvalue weighted by molar-refractivity contribution is -0.122. The van der Waals surface area contributed by atoms with E-state index in [2.05, 4.69) is 15.3 Å². The van der Waals surface area contributed by atoms with Crippen LogP contribution in [0.5, 0.6) is 0 Å². The van der Waals surface area contributed by atoms with Crippen molar-refractivity contribution in [2.45, 2.75) is 25.2 Å². The van der Waals surface area contributed by atoms with Gasteiger partial charge in [0, 0.05) is 42.2 Å². The van der Waals surface area contributed by atoms with Crippen LogP contribution in [0.3, 0.4) is 0 Å². The first-order chi connectivity index (χ1) is 18.6. The molecule has 2 fully saturated rings. The number of alkyl halides is 4. The van der Waals surface area contributed by atoms with Gasteiger partial charge in [0.1, 0.15) is 12.4 Å². The highest BCUT2D eigenvalue weighted by molar-refractivity contribution is 6.09. The monoisotopic (exact) mass is 543 g/mol. The molecule has 1 aromatic carbocycles. The number of amides is 2. The fourth-order valence-corrected chi connectivity index (χ4v) is 5.47. The van der Waals surface area contributed by atoms with Crippen molar-refractivity contribution >= 4 is 29.0 Å². The number of fused-ring (bicyclic) bond motifs is 4. The molecule has 3 atom stereocenters. The van der Waals surface area contributed by atoms with E-state index in [1.807, 2.05) is 0 Å². The molecule has 1 N–H and O–H groups in total. The molecular formula is C27H22F5N5O2. The van der Waals surface area contributed by atoms with Gasteiger partial charge in [-0.1, -0.05) is 18.2 Å². The van der Waals surface area contributed by atoms with Crippen molar-refractivity contribution in [1.29, 1.82) is 0 Å². The molecule has 2 aromatic heterocycles. The standard InChI is InChI=1S/C27H22F5N5O2/c1-13-23-16(3-2-8-33-23)22-19(9-20(35-25(22)30)36-10-17-18(11-36)27(17,31)32)37(26(13)39)12-21(38)34-15-6-4-14(5-7-15)24(28)29/h2-9,13,17-18,24H,10-12H2,1H3,(H,34,38)/t13-,17?,18?/m1/s1. The number of carbonyl (C=O) groups is 2. The maximum absolute atomic E-state index is 15.7. The number of hydrogen-bond acceptors (Lipinski definition) is 5. The van der Waals surface area contributed by atoms with Gasteiger partial charge >= 0.3 is 0 Å². The molecule has 0 bridgehead atoms. The molecule has 2 unspecified atom stereocenters. The third-order valence-corrected chi connectivity index (χ3v) is 7.66. The summed E-state index contributed by atoms with van der Waals surface area (Å²) in [6.07, 6.45) is -1.19. The van der Waals surface area contributed by atoms with Crippen LogP contribution in [0, 0.1) is 17.8 Å². The second kappa shape index (κ2) is 8.99. The minimum Gasteiger partial charge on any atom is -0.355 e. The van der Waals surface area contributed by atoms with Crippen LogP contribution in [0.15, 0.2) is 48.7 Å². The zero-order valence-electron chi connectivity index (χ0n) is 20.5. The van der Waals surface area contributed by atoms with Gasteiger partial charge in [-0.2, -0.15) is 4.39 Å². The van der Waals surface area contributed by atoms with Crippen LogP contribution in [0.25, 0.3) is 11.1 Å². The zero-order valence-corrected chi connectivity index (χ0v) is 20.5. The number of hydrogen-bond donors (Lipinski definition) is 1. The zero-order chi connectivity index (χ0) is 27.6. The summed E-state index contributed by atoms with van der Waals surface area (Å²) >= 11 is 0. The van der Waals surface area contributed by atoms with Gasteiger partial charge in [0.2, 0.25) is 17.8 Å². The molecule has 202 valence electrons. The van der Waals surface area contributed by atoms with E-state index < -0.39 is 54.4 Å². The number of nitrogens with zero attached hydrogens (tertiary/aromatic N) is 4. The lowest BCUT2D eigenvalue weighted by atomic mass is 9.98. The predicted molar refractivity (Wildman–Crippen MR) is 132 cm³/mol. The summed E-state index contributed by atoms with van der Waals surface area (Å²) in [6.45, 7) is 1.07. The van der Waals surface area contributed by atoms with E-state index >= 15 is 4.39 Å². The van der Waals surface area contributed by atoms with E-state index in [1.165, 1.54) is 36.5 Å². The molecule has 2 amide bonds. The highest BCUT2D eigenvalue weighted by Crippen LogP contribution is 2.59. The van der Waals surface area contributed by atoms with Gasteiger partial charge in [0.15, 0.2) is 0 Å². The van der Waals surface area contributed by atoms with Crippen LogP contribution < -0.4 is 15.1 Å². The molecule has 3 aromatic rings. The molecule has 0 spiro atoms. The highest BCUT2D eigenvalue weighted by atomic mass is 19.3. The van der Waals surface area contributed by atoms with Crippen LogP contribution in [0.4, 0.5) is 39.1 Å². The number of carbonyl (C=O) groups excluding carboxylic acids is 2. The number of nitrogens with one attached hydrogen (secondary N) is 1. The first-order valence-electron chi connectivity index (χ1n) is 12.3.